The first-order valence-electron chi connectivity index (χ1n) is 9.96. The Hall–Kier alpha value is -0.920. The number of hydrogen-bond donors (Lipinski definition) is 0. The van der Waals surface area contributed by atoms with E-state index in [0.29, 0.717) is 25.1 Å². The quantitative estimate of drug-likeness (QED) is 0.589. The lowest BCUT2D eigenvalue weighted by Crippen LogP contribution is -2.35. The number of rotatable bonds is 11. The summed E-state index contributed by atoms with van der Waals surface area (Å²) in [6.45, 7) is 1.79. The number of sulfone groups is 1. The third-order valence-electron chi connectivity index (χ3n) is 5.98. The molecule has 146 valence electrons. The van der Waals surface area contributed by atoms with Gasteiger partial charge < -0.3 is 9.30 Å². The van der Waals surface area contributed by atoms with Crippen LogP contribution in [0, 0.1) is 17.8 Å². The van der Waals surface area contributed by atoms with Crippen LogP contribution in [0.25, 0.3) is 0 Å². The molecule has 3 aliphatic rings. The van der Waals surface area contributed by atoms with Gasteiger partial charge >= 0.3 is 0 Å². The minimum atomic E-state index is -3.32. The summed E-state index contributed by atoms with van der Waals surface area (Å²) in [6, 6.07) is 0.646. The van der Waals surface area contributed by atoms with Crippen LogP contribution >= 0.6 is 0 Å². The van der Waals surface area contributed by atoms with E-state index in [2.05, 4.69) is 16.9 Å². The molecule has 26 heavy (non-hydrogen) atoms. The van der Waals surface area contributed by atoms with Gasteiger partial charge in [-0.25, -0.2) is 13.4 Å². The van der Waals surface area contributed by atoms with Crippen LogP contribution in [0.5, 0.6) is 0 Å². The Morgan fingerprint density at radius 2 is 1.88 bits per heavy atom. The van der Waals surface area contributed by atoms with Gasteiger partial charge in [0.25, 0.3) is 0 Å². The molecule has 0 radical (unpaired) electrons. The van der Waals surface area contributed by atoms with Crippen molar-refractivity contribution >= 4 is 9.84 Å². The van der Waals surface area contributed by atoms with E-state index in [-0.39, 0.29) is 10.9 Å². The van der Waals surface area contributed by atoms with Gasteiger partial charge in [0.05, 0.1) is 24.3 Å². The summed E-state index contributed by atoms with van der Waals surface area (Å²) in [5, 5.41) is 0.235. The molecule has 3 fully saturated rings. The monoisotopic (exact) mass is 381 g/mol. The highest BCUT2D eigenvalue weighted by molar-refractivity contribution is 7.91. The lowest BCUT2D eigenvalue weighted by Gasteiger charge is -2.28. The Kier molecular flexibility index (Phi) is 5.14. The molecule has 3 aliphatic carbocycles. The lowest BCUT2D eigenvalue weighted by atomic mass is 10.1. The predicted octanol–water partition coefficient (Wildman–Crippen LogP) is 2.33. The van der Waals surface area contributed by atoms with Crippen molar-refractivity contribution in [3.63, 3.8) is 0 Å². The summed E-state index contributed by atoms with van der Waals surface area (Å²) >= 11 is 0. The maximum atomic E-state index is 12.8. The standard InChI is InChI=1S/C19H31N3O3S/c1-21(18(15-5-6-15)16-7-8-16)12-17-11-20-19(22(17)9-10-25-2)26(23,24)13-14-3-4-14/h11,14-16,18H,3-10,12-13H2,1-2H3. The van der Waals surface area contributed by atoms with E-state index >= 15 is 0 Å². The normalized spacial score (nSPS) is 21.1. The zero-order valence-electron chi connectivity index (χ0n) is 15.9. The zero-order chi connectivity index (χ0) is 18.3. The zero-order valence-corrected chi connectivity index (χ0v) is 16.7. The molecule has 1 aromatic rings. The molecule has 0 saturated heterocycles. The van der Waals surface area contributed by atoms with Crippen LogP contribution in [0.3, 0.4) is 0 Å². The van der Waals surface area contributed by atoms with E-state index in [1.165, 1.54) is 25.7 Å². The van der Waals surface area contributed by atoms with E-state index in [1.54, 1.807) is 13.3 Å². The van der Waals surface area contributed by atoms with E-state index < -0.39 is 9.84 Å². The van der Waals surface area contributed by atoms with Gasteiger partial charge in [0.2, 0.25) is 15.0 Å². The molecule has 7 heteroatoms. The molecule has 0 spiro atoms. The molecule has 0 aromatic carbocycles. The van der Waals surface area contributed by atoms with Crippen molar-refractivity contribution in [1.82, 2.24) is 14.5 Å². The highest BCUT2D eigenvalue weighted by Crippen LogP contribution is 2.47. The van der Waals surface area contributed by atoms with Gasteiger partial charge in [-0.05, 0) is 63.3 Å². The molecule has 4 rings (SSSR count). The molecule has 3 saturated carbocycles. The third kappa shape index (κ3) is 4.15. The number of imidazole rings is 1. The van der Waals surface area contributed by atoms with Crippen molar-refractivity contribution in [2.75, 3.05) is 26.5 Å². The molecule has 0 atom stereocenters. The van der Waals surface area contributed by atoms with Gasteiger partial charge in [-0.2, -0.15) is 0 Å². The van der Waals surface area contributed by atoms with Crippen LogP contribution in [0.15, 0.2) is 11.4 Å². The van der Waals surface area contributed by atoms with Gasteiger partial charge in [0, 0.05) is 26.2 Å². The fraction of sp³-hybridized carbons (Fsp3) is 0.842. The van der Waals surface area contributed by atoms with Crippen molar-refractivity contribution < 1.29 is 13.2 Å². The molecular weight excluding hydrogens is 350 g/mol. The summed E-state index contributed by atoms with van der Waals surface area (Å²) in [7, 11) is 0.514. The van der Waals surface area contributed by atoms with Crippen LogP contribution in [-0.4, -0.2) is 55.4 Å². The largest absolute Gasteiger partial charge is 0.383 e. The first kappa shape index (κ1) is 18.4. The molecule has 0 aliphatic heterocycles. The summed E-state index contributed by atoms with van der Waals surface area (Å²) < 4.78 is 32.7. The smallest absolute Gasteiger partial charge is 0.227 e. The van der Waals surface area contributed by atoms with Crippen LogP contribution < -0.4 is 0 Å². The second kappa shape index (κ2) is 7.24. The molecule has 1 aromatic heterocycles. The summed E-state index contributed by atoms with van der Waals surface area (Å²) in [6.07, 6.45) is 9.19. The number of nitrogens with zero attached hydrogens (tertiary/aromatic N) is 3. The van der Waals surface area contributed by atoms with Crippen molar-refractivity contribution in [2.24, 2.45) is 17.8 Å². The maximum Gasteiger partial charge on any atom is 0.227 e. The molecule has 0 bridgehead atoms. The van der Waals surface area contributed by atoms with Crippen LogP contribution in [0.2, 0.25) is 0 Å². The van der Waals surface area contributed by atoms with Gasteiger partial charge in [0.1, 0.15) is 0 Å². The summed E-state index contributed by atoms with van der Waals surface area (Å²) in [5.74, 6) is 2.23. The molecular formula is C19H31N3O3S. The second-order valence-corrected chi connectivity index (χ2v) is 10.4. The Balaban J connectivity index is 1.54. The van der Waals surface area contributed by atoms with Crippen molar-refractivity contribution in [3.05, 3.63) is 11.9 Å². The first-order valence-corrected chi connectivity index (χ1v) is 11.6. The van der Waals surface area contributed by atoms with E-state index in [0.717, 1.165) is 36.9 Å². The maximum absolute atomic E-state index is 12.8. The van der Waals surface area contributed by atoms with Crippen LogP contribution in [0.1, 0.15) is 44.2 Å². The van der Waals surface area contributed by atoms with Crippen molar-refractivity contribution in [1.29, 1.82) is 0 Å². The fourth-order valence-corrected chi connectivity index (χ4v) is 6.06. The third-order valence-corrected chi connectivity index (χ3v) is 7.77. The summed E-state index contributed by atoms with van der Waals surface area (Å²) in [4.78, 5) is 6.79. The van der Waals surface area contributed by atoms with E-state index in [4.69, 9.17) is 4.74 Å². The minimum Gasteiger partial charge on any atom is -0.383 e. The molecule has 0 N–H and O–H groups in total. The molecule has 6 nitrogen and oxygen atoms in total. The van der Waals surface area contributed by atoms with Gasteiger partial charge in [-0.1, -0.05) is 0 Å². The Bertz CT molecular complexity index is 721. The fourth-order valence-electron chi connectivity index (χ4n) is 4.20. The van der Waals surface area contributed by atoms with Gasteiger partial charge in [-0.3, -0.25) is 4.90 Å². The van der Waals surface area contributed by atoms with Gasteiger partial charge in [0.15, 0.2) is 0 Å². The van der Waals surface area contributed by atoms with Gasteiger partial charge in [-0.15, -0.1) is 0 Å². The average Bonchev–Trinajstić information content (AvgIpc) is 3.41. The Morgan fingerprint density at radius 3 is 2.42 bits per heavy atom. The molecule has 0 unspecified atom stereocenters. The first-order chi connectivity index (χ1) is 12.5. The number of ether oxygens (including phenoxy) is 1. The number of hydrogen-bond acceptors (Lipinski definition) is 5. The SMILES string of the molecule is COCCn1c(CN(C)C(C2CC2)C2CC2)cnc1S(=O)(=O)CC1CC1. The van der Waals surface area contributed by atoms with Crippen LogP contribution in [-0.2, 0) is 27.7 Å². The second-order valence-electron chi connectivity index (χ2n) is 8.48. The number of methoxy groups -OCH3 is 1. The number of aromatic nitrogens is 2. The Labute approximate surface area is 156 Å². The Morgan fingerprint density at radius 1 is 1.23 bits per heavy atom. The predicted molar refractivity (Wildman–Crippen MR) is 99.6 cm³/mol. The van der Waals surface area contributed by atoms with E-state index in [9.17, 15) is 8.42 Å². The highest BCUT2D eigenvalue weighted by Gasteiger charge is 2.43. The van der Waals surface area contributed by atoms with Crippen molar-refractivity contribution in [2.45, 2.75) is 62.8 Å². The summed E-state index contributed by atoms with van der Waals surface area (Å²) in [5.41, 5.74) is 0.991. The van der Waals surface area contributed by atoms with Crippen LogP contribution in [0.4, 0.5) is 0 Å². The highest BCUT2D eigenvalue weighted by atomic mass is 32.2. The average molecular weight is 382 g/mol. The van der Waals surface area contributed by atoms with Crippen molar-refractivity contribution in [3.8, 4) is 0 Å². The molecule has 0 amide bonds. The van der Waals surface area contributed by atoms with E-state index in [1.807, 2.05) is 4.57 Å². The molecule has 1 heterocycles. The lowest BCUT2D eigenvalue weighted by molar-refractivity contribution is 0.170. The topological polar surface area (TPSA) is 64.4 Å². The minimum absolute atomic E-state index is 0.235.